The Hall–Kier alpha value is 0.430. The van der Waals surface area contributed by atoms with Gasteiger partial charge in [-0.2, -0.15) is 0 Å². The van der Waals surface area contributed by atoms with Crippen LogP contribution in [0.25, 0.3) is 0 Å². The molecule has 0 nitrogen and oxygen atoms in total. The van der Waals surface area contributed by atoms with Gasteiger partial charge in [-0.3, -0.25) is 0 Å². The summed E-state index contributed by atoms with van der Waals surface area (Å²) in [5.41, 5.74) is 0. The standard InChI is InChI=1S/C18H41P/c1-5-9-10-11-12-13-14-15-16-17-18-19(6-2,7-3)8-4/h19H,5-18H2,1-4H3. The fourth-order valence-electron chi connectivity index (χ4n) is 3.27. The molecule has 0 rings (SSSR count). The Balaban J connectivity index is 3.35. The summed E-state index contributed by atoms with van der Waals surface area (Å²) in [4.78, 5) is 0. The molecule has 0 aliphatic carbocycles. The van der Waals surface area contributed by atoms with Crippen LogP contribution in [-0.2, 0) is 0 Å². The molecule has 0 saturated heterocycles. The van der Waals surface area contributed by atoms with E-state index in [0.29, 0.717) is 0 Å². The quantitative estimate of drug-likeness (QED) is 0.246. The third kappa shape index (κ3) is 9.89. The molecule has 0 N–H and O–H groups in total. The van der Waals surface area contributed by atoms with Crippen molar-refractivity contribution >= 4 is 7.26 Å². The fraction of sp³-hybridized carbons (Fsp3) is 1.00. The van der Waals surface area contributed by atoms with Crippen molar-refractivity contribution in [2.45, 2.75) is 91.9 Å². The Kier molecular flexibility index (Phi) is 13.7. The Morgan fingerprint density at radius 1 is 0.474 bits per heavy atom. The summed E-state index contributed by atoms with van der Waals surface area (Å²) < 4.78 is 0. The summed E-state index contributed by atoms with van der Waals surface area (Å²) in [5, 5.41) is 0. The van der Waals surface area contributed by atoms with Gasteiger partial charge in [-0.25, -0.2) is 0 Å². The molecule has 0 aromatic carbocycles. The molecule has 0 unspecified atom stereocenters. The van der Waals surface area contributed by atoms with Crippen molar-refractivity contribution in [1.29, 1.82) is 0 Å². The van der Waals surface area contributed by atoms with Crippen LogP contribution < -0.4 is 0 Å². The maximum absolute atomic E-state index is 2.44. The van der Waals surface area contributed by atoms with E-state index in [4.69, 9.17) is 0 Å². The van der Waals surface area contributed by atoms with E-state index in [1.54, 1.807) is 6.16 Å². The summed E-state index contributed by atoms with van der Waals surface area (Å²) in [6.45, 7) is 9.62. The molecule has 0 amide bonds. The monoisotopic (exact) mass is 288 g/mol. The first-order valence-electron chi connectivity index (χ1n) is 9.24. The molecule has 118 valence electrons. The van der Waals surface area contributed by atoms with Crippen LogP contribution in [0.4, 0.5) is 0 Å². The Morgan fingerprint density at radius 3 is 1.21 bits per heavy atom. The number of hydrogen-bond donors (Lipinski definition) is 0. The van der Waals surface area contributed by atoms with Gasteiger partial charge in [0.15, 0.2) is 0 Å². The second-order valence-corrected chi connectivity index (χ2v) is 12.1. The van der Waals surface area contributed by atoms with Gasteiger partial charge in [0.1, 0.15) is 0 Å². The normalized spacial score (nSPS) is 12.8. The van der Waals surface area contributed by atoms with Crippen LogP contribution in [0.1, 0.15) is 91.9 Å². The predicted octanol–water partition coefficient (Wildman–Crippen LogP) is 6.72. The van der Waals surface area contributed by atoms with Crippen molar-refractivity contribution in [2.75, 3.05) is 24.6 Å². The third-order valence-corrected chi connectivity index (χ3v) is 11.2. The van der Waals surface area contributed by atoms with E-state index in [9.17, 15) is 0 Å². The van der Waals surface area contributed by atoms with Crippen LogP contribution in [0.15, 0.2) is 0 Å². The summed E-state index contributed by atoms with van der Waals surface area (Å²) in [6.07, 6.45) is 20.9. The van der Waals surface area contributed by atoms with Gasteiger partial charge in [-0.1, -0.05) is 0 Å². The minimum atomic E-state index is -0.808. The molecule has 0 atom stereocenters. The first kappa shape index (κ1) is 19.4. The zero-order valence-electron chi connectivity index (χ0n) is 14.4. The van der Waals surface area contributed by atoms with Crippen molar-refractivity contribution in [3.05, 3.63) is 0 Å². The van der Waals surface area contributed by atoms with E-state index in [0.717, 1.165) is 0 Å². The zero-order valence-corrected chi connectivity index (χ0v) is 15.4. The van der Waals surface area contributed by atoms with Crippen molar-refractivity contribution in [2.24, 2.45) is 0 Å². The molecule has 0 aliphatic heterocycles. The minimum absolute atomic E-state index is 0.808. The number of rotatable bonds is 14. The van der Waals surface area contributed by atoms with Gasteiger partial charge in [0.25, 0.3) is 0 Å². The second-order valence-electron chi connectivity index (χ2n) is 6.49. The number of unbranched alkanes of at least 4 members (excludes halogenated alkanes) is 9. The van der Waals surface area contributed by atoms with Gasteiger partial charge < -0.3 is 0 Å². The molecule has 0 aromatic rings. The van der Waals surface area contributed by atoms with Crippen LogP contribution in [-0.4, -0.2) is 24.6 Å². The van der Waals surface area contributed by atoms with E-state index >= 15 is 0 Å². The van der Waals surface area contributed by atoms with Crippen LogP contribution >= 0.6 is 7.26 Å². The molecule has 0 heterocycles. The molecule has 1 heteroatoms. The van der Waals surface area contributed by atoms with Crippen molar-refractivity contribution in [3.8, 4) is 0 Å². The van der Waals surface area contributed by atoms with Crippen molar-refractivity contribution in [1.82, 2.24) is 0 Å². The van der Waals surface area contributed by atoms with Gasteiger partial charge in [0.2, 0.25) is 0 Å². The average Bonchev–Trinajstić information content (AvgIpc) is 2.46. The molecule has 0 spiro atoms. The molecular weight excluding hydrogens is 247 g/mol. The molecule has 0 aromatic heterocycles. The van der Waals surface area contributed by atoms with Gasteiger partial charge in [0, 0.05) is 0 Å². The fourth-order valence-corrected chi connectivity index (χ4v) is 6.83. The Labute approximate surface area is 124 Å². The van der Waals surface area contributed by atoms with Crippen molar-refractivity contribution in [3.63, 3.8) is 0 Å². The molecule has 0 radical (unpaired) electrons. The second kappa shape index (κ2) is 13.4. The molecule has 19 heavy (non-hydrogen) atoms. The summed E-state index contributed by atoms with van der Waals surface area (Å²) in [6, 6.07) is 0. The van der Waals surface area contributed by atoms with E-state index in [-0.39, 0.29) is 0 Å². The van der Waals surface area contributed by atoms with Crippen molar-refractivity contribution < 1.29 is 0 Å². The summed E-state index contributed by atoms with van der Waals surface area (Å²) in [5.74, 6) is 0. The van der Waals surface area contributed by atoms with Gasteiger partial charge >= 0.3 is 124 Å². The van der Waals surface area contributed by atoms with Gasteiger partial charge in [0.05, 0.1) is 0 Å². The first-order chi connectivity index (χ1) is 9.24. The van der Waals surface area contributed by atoms with E-state index in [1.807, 2.05) is 0 Å². The molecule has 0 bridgehead atoms. The summed E-state index contributed by atoms with van der Waals surface area (Å²) >= 11 is 0. The summed E-state index contributed by atoms with van der Waals surface area (Å²) in [7, 11) is -0.808. The molecule has 0 aliphatic rings. The zero-order chi connectivity index (χ0) is 14.4. The van der Waals surface area contributed by atoms with E-state index < -0.39 is 7.26 Å². The average molecular weight is 288 g/mol. The van der Waals surface area contributed by atoms with Crippen LogP contribution in [0.2, 0.25) is 0 Å². The molecule has 0 saturated carbocycles. The Bertz CT molecular complexity index is 164. The maximum atomic E-state index is 2.44. The third-order valence-electron chi connectivity index (χ3n) is 5.31. The van der Waals surface area contributed by atoms with Gasteiger partial charge in [-0.05, 0) is 0 Å². The van der Waals surface area contributed by atoms with Gasteiger partial charge in [-0.15, -0.1) is 0 Å². The SMILES string of the molecule is CCCCCCCCCCCC[PH](CC)(CC)CC. The molecule has 0 fully saturated rings. The van der Waals surface area contributed by atoms with Crippen LogP contribution in [0.5, 0.6) is 0 Å². The van der Waals surface area contributed by atoms with E-state index in [1.165, 1.54) is 82.7 Å². The topological polar surface area (TPSA) is 0 Å². The predicted molar refractivity (Wildman–Crippen MR) is 96.6 cm³/mol. The van der Waals surface area contributed by atoms with Crippen LogP contribution in [0.3, 0.4) is 0 Å². The number of hydrogen-bond acceptors (Lipinski definition) is 0. The molecular formula is C18H41P. The van der Waals surface area contributed by atoms with E-state index in [2.05, 4.69) is 27.7 Å². The Morgan fingerprint density at radius 2 is 0.842 bits per heavy atom. The first-order valence-corrected chi connectivity index (χ1v) is 12.1. The van der Waals surface area contributed by atoms with Crippen LogP contribution in [0, 0.1) is 0 Å².